The number of H-pyrrole nitrogens is 1. The number of fused-ring (bicyclic) bond motifs is 3. The molecule has 0 saturated carbocycles. The normalized spacial score (nSPS) is 11.3. The number of benzene rings is 2. The Morgan fingerprint density at radius 1 is 0.938 bits per heavy atom. The summed E-state index contributed by atoms with van der Waals surface area (Å²) in [7, 11) is 0. The van der Waals surface area contributed by atoms with Crippen LogP contribution in [0.3, 0.4) is 0 Å². The predicted octanol–water partition coefficient (Wildman–Crippen LogP) is 4.27. The number of hydrogen-bond acceptors (Lipinski definition) is 0. The molecule has 1 heteroatoms. The molecule has 2 aromatic carbocycles. The van der Waals surface area contributed by atoms with Gasteiger partial charge < -0.3 is 4.98 Å². The van der Waals surface area contributed by atoms with Gasteiger partial charge in [-0.05, 0) is 18.1 Å². The molecule has 16 heavy (non-hydrogen) atoms. The summed E-state index contributed by atoms with van der Waals surface area (Å²) in [6, 6.07) is 15.1. The highest BCUT2D eigenvalue weighted by Crippen LogP contribution is 2.27. The quantitative estimate of drug-likeness (QED) is 0.648. The van der Waals surface area contributed by atoms with Crippen molar-refractivity contribution >= 4 is 21.8 Å². The molecule has 1 nitrogen and oxygen atoms in total. The number of rotatable bonds is 2. The van der Waals surface area contributed by atoms with E-state index in [4.69, 9.17) is 0 Å². The van der Waals surface area contributed by atoms with Crippen LogP contribution in [0.1, 0.15) is 18.9 Å². The van der Waals surface area contributed by atoms with E-state index in [1.54, 1.807) is 0 Å². The van der Waals surface area contributed by atoms with Crippen LogP contribution < -0.4 is 0 Å². The molecule has 0 aliphatic carbocycles. The molecule has 0 atom stereocenters. The molecule has 0 amide bonds. The van der Waals surface area contributed by atoms with Gasteiger partial charge in [-0.1, -0.05) is 49.7 Å². The molecule has 0 radical (unpaired) electrons. The summed E-state index contributed by atoms with van der Waals surface area (Å²) in [4.78, 5) is 3.53. The van der Waals surface area contributed by atoms with Crippen LogP contribution in [0, 0.1) is 0 Å². The van der Waals surface area contributed by atoms with Crippen LogP contribution in [-0.4, -0.2) is 4.98 Å². The van der Waals surface area contributed by atoms with Crippen molar-refractivity contribution in [2.24, 2.45) is 0 Å². The highest BCUT2D eigenvalue weighted by Gasteiger charge is 2.06. The SMILES string of the molecule is CCCc1cccc2c1[nH]c1ccccc12. The third-order valence-electron chi connectivity index (χ3n) is 3.15. The number of aromatic amines is 1. The second kappa shape index (κ2) is 3.67. The Morgan fingerprint density at radius 3 is 2.62 bits per heavy atom. The Bertz CT molecular complexity index is 634. The van der Waals surface area contributed by atoms with E-state index in [1.165, 1.54) is 33.8 Å². The third-order valence-corrected chi connectivity index (χ3v) is 3.15. The van der Waals surface area contributed by atoms with Gasteiger partial charge in [-0.15, -0.1) is 0 Å². The van der Waals surface area contributed by atoms with Crippen LogP contribution in [-0.2, 0) is 6.42 Å². The maximum absolute atomic E-state index is 3.53. The number of nitrogens with one attached hydrogen (secondary N) is 1. The molecule has 1 aromatic heterocycles. The van der Waals surface area contributed by atoms with Gasteiger partial charge in [0, 0.05) is 21.8 Å². The van der Waals surface area contributed by atoms with Gasteiger partial charge in [-0.3, -0.25) is 0 Å². The van der Waals surface area contributed by atoms with Crippen LogP contribution in [0.4, 0.5) is 0 Å². The molecule has 80 valence electrons. The van der Waals surface area contributed by atoms with Gasteiger partial charge in [0.1, 0.15) is 0 Å². The fourth-order valence-electron chi connectivity index (χ4n) is 2.41. The number of hydrogen-bond donors (Lipinski definition) is 1. The maximum atomic E-state index is 3.53. The van der Waals surface area contributed by atoms with Gasteiger partial charge >= 0.3 is 0 Å². The highest BCUT2D eigenvalue weighted by atomic mass is 14.7. The van der Waals surface area contributed by atoms with E-state index in [1.807, 2.05) is 0 Å². The van der Waals surface area contributed by atoms with Gasteiger partial charge in [0.05, 0.1) is 0 Å². The van der Waals surface area contributed by atoms with Crippen molar-refractivity contribution in [2.45, 2.75) is 19.8 Å². The molecule has 0 saturated heterocycles. The van der Waals surface area contributed by atoms with E-state index in [0.29, 0.717) is 0 Å². The van der Waals surface area contributed by atoms with Crippen molar-refractivity contribution in [3.63, 3.8) is 0 Å². The van der Waals surface area contributed by atoms with Crippen molar-refractivity contribution in [1.29, 1.82) is 0 Å². The van der Waals surface area contributed by atoms with Crippen LogP contribution in [0.25, 0.3) is 21.8 Å². The molecule has 1 N–H and O–H groups in total. The number of aryl methyl sites for hydroxylation is 1. The second-order valence-corrected chi connectivity index (χ2v) is 4.26. The molecule has 0 aliphatic rings. The lowest BCUT2D eigenvalue weighted by molar-refractivity contribution is 0.927. The maximum Gasteiger partial charge on any atom is 0.0497 e. The predicted molar refractivity (Wildman–Crippen MR) is 69.8 cm³/mol. The zero-order chi connectivity index (χ0) is 11.0. The van der Waals surface area contributed by atoms with E-state index in [9.17, 15) is 0 Å². The average molecular weight is 209 g/mol. The van der Waals surface area contributed by atoms with Crippen LogP contribution >= 0.6 is 0 Å². The Hall–Kier alpha value is -1.76. The van der Waals surface area contributed by atoms with E-state index in [0.717, 1.165) is 6.42 Å². The zero-order valence-corrected chi connectivity index (χ0v) is 9.46. The van der Waals surface area contributed by atoms with Gasteiger partial charge in [-0.25, -0.2) is 0 Å². The molecular formula is C15H15N. The molecule has 0 unspecified atom stereocenters. The first-order valence-electron chi connectivity index (χ1n) is 5.88. The average Bonchev–Trinajstić information content (AvgIpc) is 2.69. The summed E-state index contributed by atoms with van der Waals surface area (Å²) in [5, 5.41) is 2.68. The topological polar surface area (TPSA) is 15.8 Å². The summed E-state index contributed by atoms with van der Waals surface area (Å²) in [5.41, 5.74) is 3.97. The first-order valence-corrected chi connectivity index (χ1v) is 5.88. The Morgan fingerprint density at radius 2 is 1.75 bits per heavy atom. The fraction of sp³-hybridized carbons (Fsp3) is 0.200. The molecule has 0 bridgehead atoms. The monoisotopic (exact) mass is 209 g/mol. The molecular weight excluding hydrogens is 194 g/mol. The molecule has 3 aromatic rings. The van der Waals surface area contributed by atoms with E-state index < -0.39 is 0 Å². The Labute approximate surface area is 95.1 Å². The lowest BCUT2D eigenvalue weighted by Crippen LogP contribution is -1.84. The van der Waals surface area contributed by atoms with Crippen LogP contribution in [0.5, 0.6) is 0 Å². The van der Waals surface area contributed by atoms with Crippen molar-refractivity contribution in [1.82, 2.24) is 4.98 Å². The number of para-hydroxylation sites is 2. The van der Waals surface area contributed by atoms with E-state index >= 15 is 0 Å². The van der Waals surface area contributed by atoms with Gasteiger partial charge in [-0.2, -0.15) is 0 Å². The van der Waals surface area contributed by atoms with Gasteiger partial charge in [0.25, 0.3) is 0 Å². The number of aromatic nitrogens is 1. The molecule has 3 rings (SSSR count). The summed E-state index contributed by atoms with van der Waals surface area (Å²) in [6.07, 6.45) is 2.33. The molecule has 1 heterocycles. The first kappa shape index (κ1) is 9.46. The first-order chi connectivity index (χ1) is 7.90. The smallest absolute Gasteiger partial charge is 0.0497 e. The minimum atomic E-state index is 1.14. The molecule has 0 fully saturated rings. The standard InChI is InChI=1S/C15H15N/c1-2-6-11-7-5-9-13-12-8-3-4-10-14(12)16-15(11)13/h3-5,7-10,16H,2,6H2,1H3. The van der Waals surface area contributed by atoms with E-state index in [-0.39, 0.29) is 0 Å². The largest absolute Gasteiger partial charge is 0.354 e. The minimum absolute atomic E-state index is 1.14. The van der Waals surface area contributed by atoms with Crippen LogP contribution in [0.2, 0.25) is 0 Å². The zero-order valence-electron chi connectivity index (χ0n) is 9.46. The second-order valence-electron chi connectivity index (χ2n) is 4.26. The van der Waals surface area contributed by atoms with Gasteiger partial charge in [0.15, 0.2) is 0 Å². The fourth-order valence-corrected chi connectivity index (χ4v) is 2.41. The lowest BCUT2D eigenvalue weighted by Gasteiger charge is -2.00. The van der Waals surface area contributed by atoms with Crippen molar-refractivity contribution in [3.05, 3.63) is 48.0 Å². The molecule has 0 aliphatic heterocycles. The van der Waals surface area contributed by atoms with Crippen molar-refractivity contribution < 1.29 is 0 Å². The summed E-state index contributed by atoms with van der Waals surface area (Å²) in [6.45, 7) is 2.22. The van der Waals surface area contributed by atoms with E-state index in [2.05, 4.69) is 54.4 Å². The summed E-state index contributed by atoms with van der Waals surface area (Å²) in [5.74, 6) is 0. The Balaban J connectivity index is 2.39. The minimum Gasteiger partial charge on any atom is -0.354 e. The lowest BCUT2D eigenvalue weighted by atomic mass is 10.1. The summed E-state index contributed by atoms with van der Waals surface area (Å²) >= 11 is 0. The van der Waals surface area contributed by atoms with Crippen molar-refractivity contribution in [3.8, 4) is 0 Å². The van der Waals surface area contributed by atoms with Crippen LogP contribution in [0.15, 0.2) is 42.5 Å². The Kier molecular flexibility index (Phi) is 2.17. The summed E-state index contributed by atoms with van der Waals surface area (Å²) < 4.78 is 0. The highest BCUT2D eigenvalue weighted by molar-refractivity contribution is 6.08. The van der Waals surface area contributed by atoms with Gasteiger partial charge in [0.2, 0.25) is 0 Å². The third kappa shape index (κ3) is 1.32. The molecule has 0 spiro atoms. The van der Waals surface area contributed by atoms with Crippen molar-refractivity contribution in [2.75, 3.05) is 0 Å².